The number of amides is 2. The predicted octanol–water partition coefficient (Wildman–Crippen LogP) is 0.619. The highest BCUT2D eigenvalue weighted by Crippen LogP contribution is 2.34. The van der Waals surface area contributed by atoms with Crippen molar-refractivity contribution in [3.8, 4) is 11.5 Å². The van der Waals surface area contributed by atoms with E-state index in [4.69, 9.17) is 15.2 Å². The van der Waals surface area contributed by atoms with Gasteiger partial charge in [0.1, 0.15) is 0 Å². The maximum atomic E-state index is 11.4. The fraction of sp³-hybridized carbons (Fsp3) is 0.273. The second-order valence-electron chi connectivity index (χ2n) is 3.58. The Balaban J connectivity index is 1.95. The molecule has 0 unspecified atom stereocenters. The van der Waals surface area contributed by atoms with Crippen LogP contribution in [0.25, 0.3) is 0 Å². The zero-order valence-electron chi connectivity index (χ0n) is 9.06. The van der Waals surface area contributed by atoms with Crippen LogP contribution in [0.3, 0.4) is 0 Å². The highest BCUT2D eigenvalue weighted by atomic mass is 16.7. The van der Waals surface area contributed by atoms with E-state index in [-0.39, 0.29) is 25.5 Å². The number of hydrogen-bond donors (Lipinski definition) is 2. The van der Waals surface area contributed by atoms with Crippen molar-refractivity contribution in [1.29, 1.82) is 0 Å². The highest BCUT2D eigenvalue weighted by molar-refractivity contribution is 5.93. The van der Waals surface area contributed by atoms with Gasteiger partial charge in [-0.25, -0.2) is 0 Å². The molecular weight excluding hydrogens is 224 g/mol. The summed E-state index contributed by atoms with van der Waals surface area (Å²) >= 11 is 0. The van der Waals surface area contributed by atoms with Gasteiger partial charge in [0.15, 0.2) is 11.5 Å². The average molecular weight is 236 g/mol. The van der Waals surface area contributed by atoms with Crippen LogP contribution in [-0.4, -0.2) is 18.6 Å². The fourth-order valence-electron chi connectivity index (χ4n) is 1.43. The van der Waals surface area contributed by atoms with Gasteiger partial charge in [-0.2, -0.15) is 0 Å². The van der Waals surface area contributed by atoms with Crippen molar-refractivity contribution in [2.45, 2.75) is 12.8 Å². The Bertz CT molecular complexity index is 459. The lowest BCUT2D eigenvalue weighted by atomic mass is 10.2. The molecule has 0 saturated heterocycles. The third kappa shape index (κ3) is 2.87. The molecule has 90 valence electrons. The first-order valence-corrected chi connectivity index (χ1v) is 5.13. The lowest BCUT2D eigenvalue weighted by Crippen LogP contribution is -2.17. The molecule has 6 nitrogen and oxygen atoms in total. The second kappa shape index (κ2) is 4.73. The Morgan fingerprint density at radius 1 is 1.24 bits per heavy atom. The zero-order chi connectivity index (χ0) is 12.3. The van der Waals surface area contributed by atoms with E-state index in [1.165, 1.54) is 0 Å². The van der Waals surface area contributed by atoms with Crippen LogP contribution in [0.4, 0.5) is 5.69 Å². The Kier molecular flexibility index (Phi) is 3.13. The number of hydrogen-bond acceptors (Lipinski definition) is 4. The van der Waals surface area contributed by atoms with E-state index < -0.39 is 5.91 Å². The zero-order valence-corrected chi connectivity index (χ0v) is 9.06. The molecule has 1 aromatic rings. The summed E-state index contributed by atoms with van der Waals surface area (Å²) in [6.07, 6.45) is 0.111. The number of rotatable bonds is 4. The van der Waals surface area contributed by atoms with E-state index in [2.05, 4.69) is 5.32 Å². The van der Waals surface area contributed by atoms with Crippen molar-refractivity contribution in [3.05, 3.63) is 18.2 Å². The summed E-state index contributed by atoms with van der Waals surface area (Å²) in [7, 11) is 0. The van der Waals surface area contributed by atoms with Crippen LogP contribution in [-0.2, 0) is 9.59 Å². The summed E-state index contributed by atoms with van der Waals surface area (Å²) < 4.78 is 10.3. The number of nitrogens with one attached hydrogen (secondary N) is 1. The van der Waals surface area contributed by atoms with Gasteiger partial charge in [0.25, 0.3) is 0 Å². The average Bonchev–Trinajstić information content (AvgIpc) is 2.73. The summed E-state index contributed by atoms with van der Waals surface area (Å²) in [5.74, 6) is 0.492. The summed E-state index contributed by atoms with van der Waals surface area (Å²) in [5.41, 5.74) is 5.55. The van der Waals surface area contributed by atoms with E-state index in [1.807, 2.05) is 0 Å². The smallest absolute Gasteiger partial charge is 0.231 e. The molecule has 17 heavy (non-hydrogen) atoms. The van der Waals surface area contributed by atoms with Crippen LogP contribution < -0.4 is 20.5 Å². The predicted molar refractivity (Wildman–Crippen MR) is 59.6 cm³/mol. The Hall–Kier alpha value is -2.24. The molecule has 1 heterocycles. The van der Waals surface area contributed by atoms with Gasteiger partial charge >= 0.3 is 0 Å². The molecule has 1 aromatic carbocycles. The molecule has 2 amide bonds. The molecule has 1 aliphatic heterocycles. The molecule has 0 fully saturated rings. The van der Waals surface area contributed by atoms with Gasteiger partial charge in [0.05, 0.1) is 0 Å². The molecule has 0 atom stereocenters. The first-order valence-electron chi connectivity index (χ1n) is 5.13. The third-order valence-electron chi connectivity index (χ3n) is 2.25. The number of ether oxygens (including phenoxy) is 2. The summed E-state index contributed by atoms with van der Waals surface area (Å²) in [6, 6.07) is 5.09. The lowest BCUT2D eigenvalue weighted by molar-refractivity contribution is -0.122. The van der Waals surface area contributed by atoms with Crippen LogP contribution >= 0.6 is 0 Å². The number of anilines is 1. The van der Waals surface area contributed by atoms with E-state index in [0.717, 1.165) is 0 Å². The topological polar surface area (TPSA) is 90.7 Å². The highest BCUT2D eigenvalue weighted by Gasteiger charge is 2.14. The van der Waals surface area contributed by atoms with Crippen molar-refractivity contribution >= 4 is 17.5 Å². The molecule has 0 bridgehead atoms. The van der Waals surface area contributed by atoms with Gasteiger partial charge in [0, 0.05) is 24.6 Å². The summed E-state index contributed by atoms with van der Waals surface area (Å²) in [5, 5.41) is 2.64. The van der Waals surface area contributed by atoms with Gasteiger partial charge in [-0.1, -0.05) is 0 Å². The van der Waals surface area contributed by atoms with Crippen molar-refractivity contribution < 1.29 is 19.1 Å². The lowest BCUT2D eigenvalue weighted by Gasteiger charge is -2.05. The molecule has 3 N–H and O–H groups in total. The van der Waals surface area contributed by atoms with Crippen LogP contribution in [0.1, 0.15) is 12.8 Å². The standard InChI is InChI=1S/C11H12N2O4/c12-10(14)3-4-11(15)13-7-1-2-8-9(5-7)17-6-16-8/h1-2,5H,3-4,6H2,(H2,12,14)(H,13,15). The van der Waals surface area contributed by atoms with E-state index in [9.17, 15) is 9.59 Å². The first-order chi connectivity index (χ1) is 8.15. The molecule has 0 saturated carbocycles. The number of primary amides is 1. The Morgan fingerprint density at radius 3 is 2.76 bits per heavy atom. The molecule has 0 spiro atoms. The maximum absolute atomic E-state index is 11.4. The van der Waals surface area contributed by atoms with E-state index >= 15 is 0 Å². The number of carbonyl (C=O) groups is 2. The van der Waals surface area contributed by atoms with Gasteiger partial charge < -0.3 is 20.5 Å². The summed E-state index contributed by atoms with van der Waals surface area (Å²) in [6.45, 7) is 0.189. The molecule has 6 heteroatoms. The van der Waals surface area contributed by atoms with Gasteiger partial charge in [-0.15, -0.1) is 0 Å². The molecular formula is C11H12N2O4. The number of fused-ring (bicyclic) bond motifs is 1. The van der Waals surface area contributed by atoms with Crippen LogP contribution in [0.5, 0.6) is 11.5 Å². The van der Waals surface area contributed by atoms with Crippen molar-refractivity contribution in [2.75, 3.05) is 12.1 Å². The minimum absolute atomic E-state index is 0.0381. The maximum Gasteiger partial charge on any atom is 0.231 e. The van der Waals surface area contributed by atoms with Crippen LogP contribution in [0.15, 0.2) is 18.2 Å². The number of nitrogens with two attached hydrogens (primary N) is 1. The van der Waals surface area contributed by atoms with Crippen LogP contribution in [0, 0.1) is 0 Å². The Morgan fingerprint density at radius 2 is 2.00 bits per heavy atom. The SMILES string of the molecule is NC(=O)CCC(=O)Nc1ccc2c(c1)OCO2. The molecule has 2 rings (SSSR count). The van der Waals surface area contributed by atoms with Gasteiger partial charge in [0.2, 0.25) is 18.6 Å². The minimum Gasteiger partial charge on any atom is -0.454 e. The van der Waals surface area contributed by atoms with Crippen molar-refractivity contribution in [1.82, 2.24) is 0 Å². The quantitative estimate of drug-likeness (QED) is 0.801. The van der Waals surface area contributed by atoms with E-state index in [1.54, 1.807) is 18.2 Å². The Labute approximate surface area is 97.7 Å². The molecule has 0 aliphatic carbocycles. The molecule has 0 radical (unpaired) electrons. The third-order valence-corrected chi connectivity index (χ3v) is 2.25. The monoisotopic (exact) mass is 236 g/mol. The molecule has 1 aliphatic rings. The van der Waals surface area contributed by atoms with Gasteiger partial charge in [-0.05, 0) is 12.1 Å². The summed E-state index contributed by atoms with van der Waals surface area (Å²) in [4.78, 5) is 21.9. The fourth-order valence-corrected chi connectivity index (χ4v) is 1.43. The first kappa shape index (κ1) is 11.3. The second-order valence-corrected chi connectivity index (χ2v) is 3.58. The van der Waals surface area contributed by atoms with Crippen molar-refractivity contribution in [3.63, 3.8) is 0 Å². The number of benzene rings is 1. The van der Waals surface area contributed by atoms with Crippen LogP contribution in [0.2, 0.25) is 0 Å². The van der Waals surface area contributed by atoms with Gasteiger partial charge in [-0.3, -0.25) is 9.59 Å². The van der Waals surface area contributed by atoms with Crippen molar-refractivity contribution in [2.24, 2.45) is 5.73 Å². The largest absolute Gasteiger partial charge is 0.454 e. The minimum atomic E-state index is -0.495. The normalized spacial score (nSPS) is 12.2. The number of carbonyl (C=O) groups excluding carboxylic acids is 2. The molecule has 0 aromatic heterocycles. The van der Waals surface area contributed by atoms with E-state index in [0.29, 0.717) is 17.2 Å².